The van der Waals surface area contributed by atoms with Gasteiger partial charge in [-0.2, -0.15) is 0 Å². The van der Waals surface area contributed by atoms with Gasteiger partial charge < -0.3 is 4.74 Å². The first-order valence-corrected chi connectivity index (χ1v) is 10.00. The van der Waals surface area contributed by atoms with Crippen LogP contribution in [0.3, 0.4) is 0 Å². The van der Waals surface area contributed by atoms with Crippen molar-refractivity contribution >= 4 is 11.8 Å². The lowest BCUT2D eigenvalue weighted by molar-refractivity contribution is -0.141. The van der Waals surface area contributed by atoms with Crippen molar-refractivity contribution in [1.82, 2.24) is 0 Å². The molecule has 148 valence electrons. The van der Waals surface area contributed by atoms with Crippen LogP contribution in [0.5, 0.6) is 0 Å². The largest absolute Gasteiger partial charge is 0.457 e. The van der Waals surface area contributed by atoms with Crippen LogP contribution in [0, 0.1) is 0 Å². The monoisotopic (exact) mass is 386 g/mol. The molecule has 0 N–H and O–H groups in total. The Hall–Kier alpha value is -3.20. The molecule has 0 amide bonds. The van der Waals surface area contributed by atoms with Gasteiger partial charge in [-0.15, -0.1) is 0 Å². The smallest absolute Gasteiger partial charge is 0.310 e. The fourth-order valence-electron chi connectivity index (χ4n) is 3.13. The zero-order valence-corrected chi connectivity index (χ0v) is 16.9. The Bertz CT molecular complexity index is 942. The molecule has 0 aliphatic heterocycles. The molecule has 1 atom stereocenters. The summed E-state index contributed by atoms with van der Waals surface area (Å²) in [5.41, 5.74) is 4.86. The Morgan fingerprint density at radius 3 is 2.07 bits per heavy atom. The number of carbonyl (C=O) groups is 2. The molecular formula is C26H26O3. The van der Waals surface area contributed by atoms with Gasteiger partial charge >= 0.3 is 5.97 Å². The minimum Gasteiger partial charge on any atom is -0.457 e. The summed E-state index contributed by atoms with van der Waals surface area (Å²) in [5, 5.41) is 0. The van der Waals surface area contributed by atoms with Crippen LogP contribution in [0.2, 0.25) is 0 Å². The first kappa shape index (κ1) is 20.5. The molecule has 0 heterocycles. The van der Waals surface area contributed by atoms with Crippen molar-refractivity contribution in [3.8, 4) is 11.1 Å². The van der Waals surface area contributed by atoms with Gasteiger partial charge in [0.2, 0.25) is 0 Å². The maximum absolute atomic E-state index is 12.3. The molecule has 0 aromatic heterocycles. The van der Waals surface area contributed by atoms with Gasteiger partial charge in [0.1, 0.15) is 0 Å². The van der Waals surface area contributed by atoms with Crippen molar-refractivity contribution in [2.24, 2.45) is 0 Å². The number of ether oxygens (including phenoxy) is 1. The molecule has 0 saturated carbocycles. The van der Waals surface area contributed by atoms with Gasteiger partial charge in [-0.25, -0.2) is 0 Å². The van der Waals surface area contributed by atoms with Crippen LogP contribution in [0.1, 0.15) is 47.7 Å². The van der Waals surface area contributed by atoms with E-state index < -0.39 is 5.97 Å². The Kier molecular flexibility index (Phi) is 6.96. The van der Waals surface area contributed by atoms with Crippen LogP contribution >= 0.6 is 0 Å². The van der Waals surface area contributed by atoms with E-state index in [2.05, 4.69) is 13.8 Å². The highest BCUT2D eigenvalue weighted by molar-refractivity contribution is 5.98. The topological polar surface area (TPSA) is 43.4 Å². The van der Waals surface area contributed by atoms with Crippen LogP contribution in [0.25, 0.3) is 11.1 Å². The molecule has 0 saturated heterocycles. The first-order valence-electron chi connectivity index (χ1n) is 10.00. The van der Waals surface area contributed by atoms with Crippen LogP contribution in [-0.2, 0) is 16.0 Å². The molecule has 29 heavy (non-hydrogen) atoms. The minimum atomic E-state index is -0.401. The Morgan fingerprint density at radius 1 is 0.828 bits per heavy atom. The highest BCUT2D eigenvalue weighted by Crippen LogP contribution is 2.20. The average Bonchev–Trinajstić information content (AvgIpc) is 2.78. The van der Waals surface area contributed by atoms with Crippen LogP contribution < -0.4 is 0 Å². The third-order valence-electron chi connectivity index (χ3n) is 5.19. The van der Waals surface area contributed by atoms with Gasteiger partial charge in [0.25, 0.3) is 0 Å². The molecule has 3 aromatic carbocycles. The van der Waals surface area contributed by atoms with E-state index >= 15 is 0 Å². The van der Waals surface area contributed by atoms with Gasteiger partial charge in [-0.1, -0.05) is 92.7 Å². The standard InChI is InChI=1S/C26H26O3/c1-3-19(2)21-13-15-24(16-14-21)25(27)18-29-26(28)17-20-9-11-23(12-10-20)22-7-5-4-6-8-22/h4-16,19H,3,17-18H2,1-2H3/t19-/m0/s1. The molecule has 0 radical (unpaired) electrons. The molecule has 3 aromatic rings. The van der Waals surface area contributed by atoms with Crippen molar-refractivity contribution in [2.45, 2.75) is 32.6 Å². The number of rotatable bonds is 8. The van der Waals surface area contributed by atoms with Crippen molar-refractivity contribution in [3.05, 3.63) is 95.6 Å². The number of hydrogen-bond acceptors (Lipinski definition) is 3. The summed E-state index contributed by atoms with van der Waals surface area (Å²) < 4.78 is 5.19. The highest BCUT2D eigenvalue weighted by Gasteiger charge is 2.12. The van der Waals surface area contributed by atoms with Crippen LogP contribution in [0.4, 0.5) is 0 Å². The predicted octanol–water partition coefficient (Wildman–Crippen LogP) is 5.84. The summed E-state index contributed by atoms with van der Waals surface area (Å²) in [5.74, 6) is -0.124. The normalized spacial score (nSPS) is 11.7. The number of hydrogen-bond donors (Lipinski definition) is 0. The lowest BCUT2D eigenvalue weighted by Crippen LogP contribution is -2.15. The predicted molar refractivity (Wildman–Crippen MR) is 116 cm³/mol. The molecule has 0 aliphatic rings. The van der Waals surface area contributed by atoms with Gasteiger partial charge in [0, 0.05) is 5.56 Å². The lowest BCUT2D eigenvalue weighted by Gasteiger charge is -2.10. The quantitative estimate of drug-likeness (QED) is 0.361. The average molecular weight is 386 g/mol. The van der Waals surface area contributed by atoms with E-state index in [1.54, 1.807) is 12.1 Å². The molecule has 0 aliphatic carbocycles. The first-order chi connectivity index (χ1) is 14.1. The second-order valence-corrected chi connectivity index (χ2v) is 7.25. The number of benzene rings is 3. The van der Waals surface area contributed by atoms with Gasteiger partial charge in [-0.3, -0.25) is 9.59 Å². The van der Waals surface area contributed by atoms with E-state index in [1.165, 1.54) is 5.56 Å². The van der Waals surface area contributed by atoms with Crippen LogP contribution in [-0.4, -0.2) is 18.4 Å². The zero-order valence-electron chi connectivity index (χ0n) is 16.9. The summed E-state index contributed by atoms with van der Waals surface area (Å²) in [4.78, 5) is 24.4. The maximum atomic E-state index is 12.3. The fraction of sp³-hybridized carbons (Fsp3) is 0.231. The minimum absolute atomic E-state index is 0.148. The molecule has 3 heteroatoms. The van der Waals surface area contributed by atoms with Crippen molar-refractivity contribution in [1.29, 1.82) is 0 Å². The Morgan fingerprint density at radius 2 is 1.45 bits per heavy atom. The third-order valence-corrected chi connectivity index (χ3v) is 5.19. The molecule has 0 bridgehead atoms. The second-order valence-electron chi connectivity index (χ2n) is 7.25. The van der Waals surface area contributed by atoms with E-state index in [0.29, 0.717) is 11.5 Å². The molecule has 0 fully saturated rings. The molecular weight excluding hydrogens is 360 g/mol. The maximum Gasteiger partial charge on any atom is 0.310 e. The van der Waals surface area contributed by atoms with E-state index in [-0.39, 0.29) is 18.8 Å². The fourth-order valence-corrected chi connectivity index (χ4v) is 3.13. The molecule has 3 rings (SSSR count). The molecule has 3 nitrogen and oxygen atoms in total. The second kappa shape index (κ2) is 9.83. The number of Topliss-reactive ketones (excluding diaryl/α,β-unsaturated/α-hetero) is 1. The summed E-state index contributed by atoms with van der Waals surface area (Å²) in [7, 11) is 0. The van der Waals surface area contributed by atoms with Crippen molar-refractivity contribution in [3.63, 3.8) is 0 Å². The Balaban J connectivity index is 1.51. The van der Waals surface area contributed by atoms with Gasteiger partial charge in [-0.05, 0) is 34.6 Å². The summed E-state index contributed by atoms with van der Waals surface area (Å²) in [6.07, 6.45) is 1.20. The van der Waals surface area contributed by atoms with E-state index in [4.69, 9.17) is 4.74 Å². The van der Waals surface area contributed by atoms with Gasteiger partial charge in [0.05, 0.1) is 6.42 Å². The summed E-state index contributed by atoms with van der Waals surface area (Å²) in [6, 6.07) is 25.4. The van der Waals surface area contributed by atoms with Crippen molar-refractivity contribution in [2.75, 3.05) is 6.61 Å². The van der Waals surface area contributed by atoms with Crippen molar-refractivity contribution < 1.29 is 14.3 Å². The van der Waals surface area contributed by atoms with E-state index in [0.717, 1.165) is 23.1 Å². The number of esters is 1. The van der Waals surface area contributed by atoms with E-state index in [9.17, 15) is 9.59 Å². The summed E-state index contributed by atoms with van der Waals surface area (Å²) in [6.45, 7) is 4.06. The number of carbonyl (C=O) groups excluding carboxylic acids is 2. The number of ketones is 1. The highest BCUT2D eigenvalue weighted by atomic mass is 16.5. The Labute approximate surface area is 172 Å². The van der Waals surface area contributed by atoms with Crippen LogP contribution in [0.15, 0.2) is 78.9 Å². The third kappa shape index (κ3) is 5.64. The van der Waals surface area contributed by atoms with Gasteiger partial charge in [0.15, 0.2) is 12.4 Å². The lowest BCUT2D eigenvalue weighted by atomic mass is 9.97. The van der Waals surface area contributed by atoms with E-state index in [1.807, 2.05) is 66.7 Å². The SMILES string of the molecule is CC[C@H](C)c1ccc(C(=O)COC(=O)Cc2ccc(-c3ccccc3)cc2)cc1. The zero-order chi connectivity index (χ0) is 20.6. The molecule has 0 unspecified atom stereocenters. The summed E-state index contributed by atoms with van der Waals surface area (Å²) >= 11 is 0. The molecule has 0 spiro atoms.